The lowest BCUT2D eigenvalue weighted by atomic mass is 10.1. The van der Waals surface area contributed by atoms with Crippen molar-refractivity contribution >= 4 is 34.7 Å². The van der Waals surface area contributed by atoms with Gasteiger partial charge >= 0.3 is 0 Å². The van der Waals surface area contributed by atoms with E-state index in [2.05, 4.69) is 10.2 Å². The van der Waals surface area contributed by atoms with Crippen LogP contribution in [0.5, 0.6) is 0 Å². The van der Waals surface area contributed by atoms with Gasteiger partial charge in [-0.1, -0.05) is 17.7 Å². The summed E-state index contributed by atoms with van der Waals surface area (Å²) in [4.78, 5) is 16.7. The number of nitrogens with zero attached hydrogens (tertiary/aromatic N) is 4. The number of hydrogen-bond donors (Lipinski definition) is 0. The summed E-state index contributed by atoms with van der Waals surface area (Å²) in [5, 5.41) is 8.30. The average molecular weight is 317 g/mol. The molecule has 3 rings (SSSR count). The van der Waals surface area contributed by atoms with Crippen LogP contribution in [0.15, 0.2) is 24.3 Å². The number of carbonyl (C=O) groups is 1. The fraction of sp³-hybridized carbons (Fsp3) is 0.312. The molecule has 1 aromatic carbocycles. The summed E-state index contributed by atoms with van der Waals surface area (Å²) in [6.45, 7) is 7.26. The van der Waals surface area contributed by atoms with Crippen LogP contribution in [0, 0.1) is 6.92 Å². The molecule has 0 atom stereocenters. The number of aryl methyl sites for hydroxylation is 1. The Labute approximate surface area is 134 Å². The van der Waals surface area contributed by atoms with Gasteiger partial charge in [-0.2, -0.15) is 0 Å². The van der Waals surface area contributed by atoms with E-state index in [-0.39, 0.29) is 11.1 Å². The number of hydrogen-bond acceptors (Lipinski definition) is 4. The maximum Gasteiger partial charge on any atom is 0.262 e. The molecule has 0 spiro atoms. The van der Waals surface area contributed by atoms with Gasteiger partial charge in [0.15, 0.2) is 11.0 Å². The fourth-order valence-corrected chi connectivity index (χ4v) is 2.95. The van der Waals surface area contributed by atoms with Crippen molar-refractivity contribution in [2.24, 2.45) is 0 Å². The quantitative estimate of drug-likeness (QED) is 0.849. The third-order valence-corrected chi connectivity index (χ3v) is 4.01. The number of aromatic nitrogens is 2. The van der Waals surface area contributed by atoms with Crippen molar-refractivity contribution in [2.45, 2.75) is 20.8 Å². The van der Waals surface area contributed by atoms with Crippen LogP contribution in [0.2, 0.25) is 5.15 Å². The van der Waals surface area contributed by atoms with Crippen LogP contribution in [0.1, 0.15) is 29.8 Å². The van der Waals surface area contributed by atoms with Crippen LogP contribution in [-0.2, 0) is 0 Å². The van der Waals surface area contributed by atoms with E-state index in [0.29, 0.717) is 24.5 Å². The lowest BCUT2D eigenvalue weighted by Gasteiger charge is -2.25. The van der Waals surface area contributed by atoms with Crippen LogP contribution in [0.25, 0.3) is 0 Å². The highest BCUT2D eigenvalue weighted by Crippen LogP contribution is 2.40. The Morgan fingerprint density at radius 2 is 1.77 bits per heavy atom. The number of carbonyl (C=O) groups excluding carboxylic acids is 1. The molecule has 0 saturated heterocycles. The highest BCUT2D eigenvalue weighted by Gasteiger charge is 2.31. The molecule has 114 valence electrons. The molecule has 2 heterocycles. The van der Waals surface area contributed by atoms with Crippen molar-refractivity contribution < 1.29 is 4.79 Å². The molecule has 1 amide bonds. The standard InChI is InChI=1S/C16H17ClN4O/c1-4-20-12-7-6-10(3)8-13(12)21(5-2)16(22)11-9-14(17)18-19-15(11)20/h6-9H,4-5H2,1-3H3. The number of amides is 1. The van der Waals surface area contributed by atoms with Gasteiger partial charge in [-0.25, -0.2) is 0 Å². The molecule has 0 N–H and O–H groups in total. The molecule has 22 heavy (non-hydrogen) atoms. The molecule has 0 aliphatic carbocycles. The third-order valence-electron chi connectivity index (χ3n) is 3.82. The van der Waals surface area contributed by atoms with Gasteiger partial charge in [0.05, 0.1) is 16.9 Å². The normalized spacial score (nSPS) is 13.7. The molecular formula is C16H17ClN4O. The van der Waals surface area contributed by atoms with E-state index in [4.69, 9.17) is 11.6 Å². The van der Waals surface area contributed by atoms with Crippen molar-refractivity contribution in [3.8, 4) is 0 Å². The van der Waals surface area contributed by atoms with Crippen LogP contribution in [0.4, 0.5) is 17.2 Å². The largest absolute Gasteiger partial charge is 0.323 e. The predicted molar refractivity (Wildman–Crippen MR) is 88.3 cm³/mol. The van der Waals surface area contributed by atoms with Gasteiger partial charge in [0.1, 0.15) is 0 Å². The summed E-state index contributed by atoms with van der Waals surface area (Å²) < 4.78 is 0. The summed E-state index contributed by atoms with van der Waals surface area (Å²) in [5.41, 5.74) is 3.44. The zero-order valence-electron chi connectivity index (χ0n) is 12.8. The summed E-state index contributed by atoms with van der Waals surface area (Å²) >= 11 is 5.95. The predicted octanol–water partition coefficient (Wildman–Crippen LogP) is 3.58. The van der Waals surface area contributed by atoms with E-state index in [9.17, 15) is 4.79 Å². The van der Waals surface area contributed by atoms with Gasteiger partial charge in [0.2, 0.25) is 0 Å². The second kappa shape index (κ2) is 5.57. The first kappa shape index (κ1) is 14.8. The Morgan fingerprint density at radius 1 is 1.05 bits per heavy atom. The third kappa shape index (κ3) is 2.22. The van der Waals surface area contributed by atoms with Crippen LogP contribution in [0.3, 0.4) is 0 Å². The molecule has 1 aliphatic heterocycles. The van der Waals surface area contributed by atoms with Gasteiger partial charge in [0.25, 0.3) is 5.91 Å². The minimum Gasteiger partial charge on any atom is -0.323 e. The lowest BCUT2D eigenvalue weighted by Crippen LogP contribution is -2.30. The molecule has 6 heteroatoms. The van der Waals surface area contributed by atoms with Gasteiger partial charge in [-0.15, -0.1) is 10.2 Å². The number of fused-ring (bicyclic) bond motifs is 2. The maximum atomic E-state index is 12.9. The SMILES string of the molecule is CCN1C(=O)c2cc(Cl)nnc2N(CC)c2ccc(C)cc21. The van der Waals surface area contributed by atoms with Gasteiger partial charge in [-0.05, 0) is 44.5 Å². The number of anilines is 3. The monoisotopic (exact) mass is 316 g/mol. The molecule has 0 saturated carbocycles. The molecule has 2 aromatic rings. The second-order valence-corrected chi connectivity index (χ2v) is 5.58. The molecule has 1 aliphatic rings. The summed E-state index contributed by atoms with van der Waals surface area (Å²) in [6.07, 6.45) is 0. The van der Waals surface area contributed by atoms with E-state index in [1.54, 1.807) is 11.0 Å². The van der Waals surface area contributed by atoms with E-state index >= 15 is 0 Å². The summed E-state index contributed by atoms with van der Waals surface area (Å²) in [6, 6.07) is 7.68. The maximum absolute atomic E-state index is 12.9. The Hall–Kier alpha value is -2.14. The number of halogens is 1. The van der Waals surface area contributed by atoms with Crippen LogP contribution < -0.4 is 9.80 Å². The van der Waals surface area contributed by atoms with Gasteiger partial charge in [-0.3, -0.25) is 4.79 Å². The molecule has 0 radical (unpaired) electrons. The first-order chi connectivity index (χ1) is 10.6. The summed E-state index contributed by atoms with van der Waals surface area (Å²) in [7, 11) is 0. The first-order valence-corrected chi connectivity index (χ1v) is 7.67. The van der Waals surface area contributed by atoms with Crippen LogP contribution >= 0.6 is 11.6 Å². The Kier molecular flexibility index (Phi) is 3.74. The van der Waals surface area contributed by atoms with Crippen molar-refractivity contribution in [3.63, 3.8) is 0 Å². The van der Waals surface area contributed by atoms with Gasteiger partial charge in [0, 0.05) is 13.1 Å². The van der Waals surface area contributed by atoms with E-state index in [1.807, 2.05) is 43.9 Å². The molecule has 0 bridgehead atoms. The Bertz CT molecular complexity index is 747. The van der Waals surface area contributed by atoms with E-state index in [0.717, 1.165) is 16.9 Å². The molecular weight excluding hydrogens is 300 g/mol. The first-order valence-electron chi connectivity index (χ1n) is 7.30. The van der Waals surface area contributed by atoms with E-state index in [1.165, 1.54) is 0 Å². The Balaban J connectivity index is 2.32. The van der Waals surface area contributed by atoms with Crippen molar-refractivity contribution in [1.82, 2.24) is 10.2 Å². The smallest absolute Gasteiger partial charge is 0.262 e. The number of benzene rings is 1. The highest BCUT2D eigenvalue weighted by atomic mass is 35.5. The molecule has 1 aromatic heterocycles. The van der Waals surface area contributed by atoms with Crippen molar-refractivity contribution in [3.05, 3.63) is 40.5 Å². The fourth-order valence-electron chi connectivity index (χ4n) is 2.80. The van der Waals surface area contributed by atoms with Crippen molar-refractivity contribution in [1.29, 1.82) is 0 Å². The van der Waals surface area contributed by atoms with Crippen LogP contribution in [-0.4, -0.2) is 29.2 Å². The molecule has 5 nitrogen and oxygen atoms in total. The lowest BCUT2D eigenvalue weighted by molar-refractivity contribution is 0.0989. The molecule has 0 fully saturated rings. The van der Waals surface area contributed by atoms with Crippen molar-refractivity contribution in [2.75, 3.05) is 22.9 Å². The Morgan fingerprint density at radius 3 is 2.45 bits per heavy atom. The number of rotatable bonds is 2. The zero-order valence-corrected chi connectivity index (χ0v) is 13.6. The average Bonchev–Trinajstić information content (AvgIpc) is 2.60. The zero-order chi connectivity index (χ0) is 15.9. The van der Waals surface area contributed by atoms with E-state index < -0.39 is 0 Å². The molecule has 0 unspecified atom stereocenters. The second-order valence-electron chi connectivity index (χ2n) is 5.19. The minimum absolute atomic E-state index is 0.0999. The summed E-state index contributed by atoms with van der Waals surface area (Å²) in [5.74, 6) is 0.454. The topological polar surface area (TPSA) is 49.3 Å². The minimum atomic E-state index is -0.0999. The highest BCUT2D eigenvalue weighted by molar-refractivity contribution is 6.30. The van der Waals surface area contributed by atoms with Gasteiger partial charge < -0.3 is 9.80 Å².